The second-order valence-corrected chi connectivity index (χ2v) is 11.1. The van der Waals surface area contributed by atoms with E-state index in [-0.39, 0.29) is 17.2 Å². The second-order valence-electron chi connectivity index (χ2n) is 11.1. The van der Waals surface area contributed by atoms with Crippen molar-refractivity contribution in [1.82, 2.24) is 34.3 Å². The van der Waals surface area contributed by atoms with Crippen LogP contribution in [0.3, 0.4) is 0 Å². The minimum Gasteiger partial charge on any atom is -0.322 e. The molecule has 1 spiro atoms. The van der Waals surface area contributed by atoms with Crippen LogP contribution in [0.1, 0.15) is 37.6 Å². The lowest BCUT2D eigenvalue weighted by molar-refractivity contribution is -0.125. The van der Waals surface area contributed by atoms with Crippen LogP contribution in [0.4, 0.5) is 20.5 Å². The fraction of sp³-hybridized carbons (Fsp3) is 0.429. The summed E-state index contributed by atoms with van der Waals surface area (Å²) in [4.78, 5) is 22.6. The quantitative estimate of drug-likeness (QED) is 0.413. The summed E-state index contributed by atoms with van der Waals surface area (Å²) in [6.07, 6.45) is 7.01. The number of piperazine rings is 1. The van der Waals surface area contributed by atoms with Gasteiger partial charge in [0.05, 0.1) is 11.7 Å². The second kappa shape index (κ2) is 8.00. The molecule has 38 heavy (non-hydrogen) atoms. The Labute approximate surface area is 218 Å². The molecule has 2 atom stereocenters. The summed E-state index contributed by atoms with van der Waals surface area (Å²) in [6.45, 7) is 6.49. The van der Waals surface area contributed by atoms with E-state index in [9.17, 15) is 4.39 Å². The van der Waals surface area contributed by atoms with Gasteiger partial charge < -0.3 is 9.88 Å². The molecule has 10 heteroatoms. The van der Waals surface area contributed by atoms with Gasteiger partial charge in [0, 0.05) is 55.4 Å². The molecule has 6 heterocycles. The van der Waals surface area contributed by atoms with Gasteiger partial charge in [-0.25, -0.2) is 28.7 Å². The third-order valence-electron chi connectivity index (χ3n) is 9.00. The summed E-state index contributed by atoms with van der Waals surface area (Å²) < 4.78 is 32.2. The van der Waals surface area contributed by atoms with Gasteiger partial charge in [-0.2, -0.15) is 0 Å². The number of rotatable bonds is 6. The van der Waals surface area contributed by atoms with Gasteiger partial charge in [0.25, 0.3) is 0 Å². The highest BCUT2D eigenvalue weighted by atomic mass is 19.1. The Bertz CT molecular complexity index is 1580. The van der Waals surface area contributed by atoms with Gasteiger partial charge in [0.1, 0.15) is 22.9 Å². The fourth-order valence-corrected chi connectivity index (χ4v) is 6.64. The molecule has 1 saturated carbocycles. The van der Waals surface area contributed by atoms with E-state index in [0.717, 1.165) is 75.5 Å². The normalized spacial score (nSPS) is 23.2. The van der Waals surface area contributed by atoms with Crippen molar-refractivity contribution < 1.29 is 8.78 Å². The monoisotopic (exact) mass is 514 g/mol. The number of anilines is 2. The van der Waals surface area contributed by atoms with Crippen LogP contribution in [-0.2, 0) is 18.5 Å². The van der Waals surface area contributed by atoms with E-state index in [1.54, 1.807) is 0 Å². The first-order chi connectivity index (χ1) is 18.5. The molecule has 0 bridgehead atoms. The van der Waals surface area contributed by atoms with Crippen molar-refractivity contribution in [2.75, 3.05) is 25.0 Å². The first-order valence-corrected chi connectivity index (χ1v) is 13.5. The molecule has 8 rings (SSSR count). The number of pyridine rings is 1. The molecular weight excluding hydrogens is 486 g/mol. The Balaban J connectivity index is 1.03. The van der Waals surface area contributed by atoms with Gasteiger partial charge in [-0.3, -0.25) is 9.80 Å². The largest absolute Gasteiger partial charge is 0.322 e. The van der Waals surface area contributed by atoms with Crippen molar-refractivity contribution in [1.29, 1.82) is 0 Å². The van der Waals surface area contributed by atoms with Gasteiger partial charge in [0.15, 0.2) is 11.6 Å². The van der Waals surface area contributed by atoms with E-state index >= 15 is 4.39 Å². The molecule has 2 saturated heterocycles. The Kier molecular flexibility index (Phi) is 4.73. The average Bonchev–Trinajstić information content (AvgIpc) is 3.46. The zero-order valence-corrected chi connectivity index (χ0v) is 21.2. The van der Waals surface area contributed by atoms with E-state index in [0.29, 0.717) is 28.5 Å². The van der Waals surface area contributed by atoms with Gasteiger partial charge in [-0.15, -0.1) is 0 Å². The minimum atomic E-state index is -0.606. The molecule has 1 aliphatic carbocycles. The summed E-state index contributed by atoms with van der Waals surface area (Å²) >= 11 is 0. The number of likely N-dealkylation sites (tertiary alicyclic amines) is 2. The molecule has 194 valence electrons. The van der Waals surface area contributed by atoms with Gasteiger partial charge in [-0.05, 0) is 49.6 Å². The zero-order chi connectivity index (χ0) is 25.6. The number of nitrogens with zero attached hydrogens (tertiary/aromatic N) is 7. The van der Waals surface area contributed by atoms with Gasteiger partial charge in [0.2, 0.25) is 5.95 Å². The van der Waals surface area contributed by atoms with Crippen molar-refractivity contribution in [2.45, 2.75) is 56.8 Å². The molecule has 1 unspecified atom stereocenters. The molecule has 0 radical (unpaired) electrons. The van der Waals surface area contributed by atoms with Crippen molar-refractivity contribution in [2.24, 2.45) is 0 Å². The predicted molar refractivity (Wildman–Crippen MR) is 139 cm³/mol. The molecule has 3 fully saturated rings. The predicted octanol–water partition coefficient (Wildman–Crippen LogP) is 4.23. The van der Waals surface area contributed by atoms with E-state index in [2.05, 4.69) is 46.5 Å². The lowest BCUT2D eigenvalue weighted by Gasteiger charge is -2.62. The number of hydrogen-bond acceptors (Lipinski definition) is 7. The highest BCUT2D eigenvalue weighted by Crippen LogP contribution is 2.53. The first-order valence-electron chi connectivity index (χ1n) is 13.5. The number of hydrogen-bond donors (Lipinski definition) is 1. The third-order valence-corrected chi connectivity index (χ3v) is 9.00. The van der Waals surface area contributed by atoms with E-state index in [4.69, 9.17) is 0 Å². The summed E-state index contributed by atoms with van der Waals surface area (Å²) in [6, 6.07) is 8.44. The number of imidazole rings is 1. The molecule has 4 aliphatic rings. The van der Waals surface area contributed by atoms with Crippen molar-refractivity contribution in [3.63, 3.8) is 0 Å². The molecule has 8 nitrogen and oxygen atoms in total. The van der Waals surface area contributed by atoms with Crippen molar-refractivity contribution >= 4 is 22.8 Å². The SMILES string of the molecule is CCN1CC2[C@H]1CN2Cc1ccc(Nc2ncc(F)c(-c3cc(F)c4nc5n(c4c3)C3(CC5)CC3)n2)nc1. The highest BCUT2D eigenvalue weighted by Gasteiger charge is 2.51. The highest BCUT2D eigenvalue weighted by molar-refractivity contribution is 5.83. The maximum absolute atomic E-state index is 15.1. The maximum atomic E-state index is 15.1. The molecular formula is C28H28F2N8. The Morgan fingerprint density at radius 3 is 2.55 bits per heavy atom. The van der Waals surface area contributed by atoms with Crippen LogP contribution in [0.2, 0.25) is 0 Å². The number of halogens is 2. The minimum absolute atomic E-state index is 0.0484. The van der Waals surface area contributed by atoms with Gasteiger partial charge in [-0.1, -0.05) is 13.0 Å². The first kappa shape index (κ1) is 22.5. The number of nitrogens with one attached hydrogen (secondary N) is 1. The zero-order valence-electron chi connectivity index (χ0n) is 21.2. The Hall–Kier alpha value is -3.50. The average molecular weight is 515 g/mol. The van der Waals surface area contributed by atoms with Crippen LogP contribution < -0.4 is 5.32 Å². The molecule has 3 aliphatic heterocycles. The fourth-order valence-electron chi connectivity index (χ4n) is 6.64. The van der Waals surface area contributed by atoms with Crippen LogP contribution in [0, 0.1) is 11.6 Å². The lowest BCUT2D eigenvalue weighted by atomic mass is 9.85. The molecule has 1 N–H and O–H groups in total. The maximum Gasteiger partial charge on any atom is 0.229 e. The number of aromatic nitrogens is 5. The number of fused-ring (bicyclic) bond motifs is 5. The van der Waals surface area contributed by atoms with E-state index < -0.39 is 11.6 Å². The molecule has 3 aromatic heterocycles. The summed E-state index contributed by atoms with van der Waals surface area (Å²) in [5.74, 6) is 0.625. The standard InChI is InChI=1S/C28H28F2N8/c1-2-36-14-22-21(36)15-37(22)13-16-3-4-23(31-11-16)33-27-32-12-19(30)25(35-27)17-9-18(29)26-20(10-17)38-24(34-26)5-6-28(38)7-8-28/h3-4,9-12,21-22H,2,5-8,13-15H2,1H3,(H,31,32,33,35)/t21-,22?/m1/s1. The summed E-state index contributed by atoms with van der Waals surface area (Å²) in [7, 11) is 0. The Morgan fingerprint density at radius 1 is 0.974 bits per heavy atom. The molecule has 4 aromatic rings. The van der Waals surface area contributed by atoms with E-state index in [1.807, 2.05) is 24.4 Å². The van der Waals surface area contributed by atoms with Crippen LogP contribution >= 0.6 is 0 Å². The van der Waals surface area contributed by atoms with E-state index in [1.165, 1.54) is 6.07 Å². The van der Waals surface area contributed by atoms with Crippen LogP contribution in [0.15, 0.2) is 36.7 Å². The number of likely N-dealkylation sites (N-methyl/N-ethyl adjacent to an activating group) is 1. The smallest absolute Gasteiger partial charge is 0.229 e. The molecule has 1 aromatic carbocycles. The van der Waals surface area contributed by atoms with Crippen molar-refractivity contribution in [3.8, 4) is 11.3 Å². The van der Waals surface area contributed by atoms with Crippen LogP contribution in [0.25, 0.3) is 22.3 Å². The number of benzene rings is 1. The summed E-state index contributed by atoms with van der Waals surface area (Å²) in [5.41, 5.74) is 2.70. The van der Waals surface area contributed by atoms with Crippen LogP contribution in [0.5, 0.6) is 0 Å². The lowest BCUT2D eigenvalue weighted by Crippen LogP contribution is -2.78. The Morgan fingerprint density at radius 2 is 1.82 bits per heavy atom. The number of aryl methyl sites for hydroxylation is 1. The van der Waals surface area contributed by atoms with Gasteiger partial charge >= 0.3 is 0 Å². The molecule has 0 amide bonds. The van der Waals surface area contributed by atoms with Crippen molar-refractivity contribution in [3.05, 3.63) is 59.7 Å². The topological polar surface area (TPSA) is 75.0 Å². The van der Waals surface area contributed by atoms with Crippen LogP contribution in [-0.4, -0.2) is 66.0 Å². The third kappa shape index (κ3) is 3.32. The summed E-state index contributed by atoms with van der Waals surface area (Å²) in [5, 5.41) is 3.07.